The van der Waals surface area contributed by atoms with Crippen LogP contribution < -0.4 is 14.7 Å². The minimum atomic E-state index is -2.21. The van der Waals surface area contributed by atoms with E-state index in [1.165, 1.54) is 30.3 Å². The zero-order valence-electron chi connectivity index (χ0n) is 28.8. The SMILES string of the molecule is CN(C)c1ccc(N=Nc2ccc(N3C(=O)[C@H]4[C@H](CC=C5[C@H]4C[C@@]4(Cl)C(=O)N(c6ccc(F)cc6)C(=O)[C@@]4(Cl)[C@H]5c4cc(Cl)ccc4O)C3=O)cc2)cc1. The van der Waals surface area contributed by atoms with Gasteiger partial charge in [0.1, 0.15) is 11.6 Å². The second-order valence-electron chi connectivity index (χ2n) is 14.1. The van der Waals surface area contributed by atoms with Crippen LogP contribution in [0.4, 0.5) is 32.8 Å². The highest BCUT2D eigenvalue weighted by Crippen LogP contribution is 2.66. The molecule has 0 bridgehead atoms. The number of fused-ring (bicyclic) bond motifs is 4. The van der Waals surface area contributed by atoms with Gasteiger partial charge in [0.25, 0.3) is 11.8 Å². The van der Waals surface area contributed by atoms with E-state index in [1.807, 2.05) is 43.3 Å². The number of hydrogen-bond donors (Lipinski definition) is 1. The molecule has 4 aromatic rings. The van der Waals surface area contributed by atoms with Crippen LogP contribution in [0.1, 0.15) is 24.3 Å². The number of alkyl halides is 2. The van der Waals surface area contributed by atoms with E-state index in [-0.39, 0.29) is 34.9 Å². The Kier molecular flexibility index (Phi) is 8.67. The molecule has 2 saturated heterocycles. The molecular weight excluding hydrogens is 756 g/mol. The van der Waals surface area contributed by atoms with Crippen molar-refractivity contribution in [2.45, 2.75) is 28.5 Å². The second-order valence-corrected chi connectivity index (χ2v) is 15.8. The van der Waals surface area contributed by atoms with Crippen molar-refractivity contribution in [1.29, 1.82) is 0 Å². The highest BCUT2D eigenvalue weighted by Gasteiger charge is 2.77. The summed E-state index contributed by atoms with van der Waals surface area (Å²) in [6.45, 7) is 0. The number of phenols is 1. The molecule has 3 fully saturated rings. The molecule has 8 rings (SSSR count). The quantitative estimate of drug-likeness (QED) is 0.0907. The largest absolute Gasteiger partial charge is 0.508 e. The molecule has 4 aliphatic rings. The second kappa shape index (κ2) is 13.0. The predicted molar refractivity (Wildman–Crippen MR) is 204 cm³/mol. The Morgan fingerprint density at radius 2 is 1.37 bits per heavy atom. The van der Waals surface area contributed by atoms with Crippen molar-refractivity contribution in [2.75, 3.05) is 28.8 Å². The molecule has 0 radical (unpaired) electrons. The smallest absolute Gasteiger partial charge is 0.258 e. The van der Waals surface area contributed by atoms with Crippen LogP contribution in [0.25, 0.3) is 0 Å². The summed E-state index contributed by atoms with van der Waals surface area (Å²) in [6, 6.07) is 23.1. The average Bonchev–Trinajstić information content (AvgIpc) is 3.50. The lowest BCUT2D eigenvalue weighted by Crippen LogP contribution is -2.60. The van der Waals surface area contributed by atoms with Crippen molar-refractivity contribution in [2.24, 2.45) is 28.0 Å². The summed E-state index contributed by atoms with van der Waals surface area (Å²) >= 11 is 21.2. The number of halogens is 4. The van der Waals surface area contributed by atoms with Crippen molar-refractivity contribution in [3.8, 4) is 5.75 Å². The molecule has 2 heterocycles. The van der Waals surface area contributed by atoms with Gasteiger partial charge in [0.15, 0.2) is 9.75 Å². The summed E-state index contributed by atoms with van der Waals surface area (Å²) in [4.78, 5) is 57.0. The molecule has 2 aliphatic heterocycles. The summed E-state index contributed by atoms with van der Waals surface area (Å²) in [6.07, 6.45) is 1.62. The molecule has 2 aliphatic carbocycles. The van der Waals surface area contributed by atoms with E-state index < -0.39 is 62.9 Å². The molecule has 4 amide bonds. The van der Waals surface area contributed by atoms with E-state index >= 15 is 0 Å². The lowest BCUT2D eigenvalue weighted by molar-refractivity contribution is -0.125. The fraction of sp³-hybridized carbons (Fsp3) is 0.250. The lowest BCUT2D eigenvalue weighted by atomic mass is 9.56. The number of rotatable bonds is 6. The Morgan fingerprint density at radius 3 is 2.00 bits per heavy atom. The molecule has 6 atom stereocenters. The van der Waals surface area contributed by atoms with Gasteiger partial charge in [0.2, 0.25) is 11.8 Å². The first-order valence-electron chi connectivity index (χ1n) is 17.1. The van der Waals surface area contributed by atoms with Crippen molar-refractivity contribution < 1.29 is 28.7 Å². The number of amides is 4. The molecule has 1 N–H and O–H groups in total. The van der Waals surface area contributed by atoms with Gasteiger partial charge in [-0.05, 0) is 110 Å². The number of benzene rings is 4. The minimum absolute atomic E-state index is 0.0493. The third-order valence-corrected chi connectivity index (χ3v) is 12.6. The number of imide groups is 2. The lowest BCUT2D eigenvalue weighted by Gasteiger charge is -2.50. The standard InChI is InChI=1S/C40H31Cl3FN5O5/c1-47(2)25-12-6-23(7-13-25)45-46-24-8-14-26(15-9-24)48-35(51)29-17-16-28-31(33(29)36(48)52)20-39(42)37(53)49(27-10-4-22(44)5-11-27)38(54)40(39,43)34(28)30-19-21(41)3-18-32(30)50/h3-16,18-19,29,31,33-34,50H,17,20H2,1-2H3/t29-,31+,33-,34+,39+,40-/m0/s1. The molecule has 0 aromatic heterocycles. The van der Waals surface area contributed by atoms with Crippen LogP contribution in [0.5, 0.6) is 5.75 Å². The predicted octanol–water partition coefficient (Wildman–Crippen LogP) is 8.43. The zero-order valence-corrected chi connectivity index (χ0v) is 31.1. The third-order valence-electron chi connectivity index (χ3n) is 11.0. The number of aromatic hydroxyl groups is 1. The Morgan fingerprint density at radius 1 is 0.778 bits per heavy atom. The van der Waals surface area contributed by atoms with Crippen LogP contribution in [-0.2, 0) is 19.2 Å². The van der Waals surface area contributed by atoms with Crippen LogP contribution in [0, 0.1) is 23.6 Å². The van der Waals surface area contributed by atoms with Gasteiger partial charge in [-0.1, -0.05) is 23.3 Å². The summed E-state index contributed by atoms with van der Waals surface area (Å²) in [5, 5.41) is 20.0. The van der Waals surface area contributed by atoms with Crippen LogP contribution >= 0.6 is 34.8 Å². The summed E-state index contributed by atoms with van der Waals surface area (Å²) in [5.41, 5.74) is 3.17. The van der Waals surface area contributed by atoms with E-state index in [4.69, 9.17) is 34.8 Å². The monoisotopic (exact) mass is 785 g/mol. The normalized spacial score (nSPS) is 27.6. The number of anilines is 3. The van der Waals surface area contributed by atoms with Gasteiger partial charge in [0, 0.05) is 36.3 Å². The summed E-state index contributed by atoms with van der Waals surface area (Å²) in [5.74, 6) is -7.35. The molecule has 14 heteroatoms. The van der Waals surface area contributed by atoms with Crippen molar-refractivity contribution in [1.82, 2.24) is 0 Å². The van der Waals surface area contributed by atoms with Crippen molar-refractivity contribution in [3.63, 3.8) is 0 Å². The molecule has 54 heavy (non-hydrogen) atoms. The molecule has 4 aromatic carbocycles. The fourth-order valence-corrected chi connectivity index (χ4v) is 9.46. The topological polar surface area (TPSA) is 123 Å². The Labute approximate surface area is 324 Å². The minimum Gasteiger partial charge on any atom is -0.508 e. The molecular formula is C40H31Cl3FN5O5. The number of azo groups is 1. The number of carbonyl (C=O) groups is 4. The first kappa shape index (κ1) is 35.9. The van der Waals surface area contributed by atoms with Gasteiger partial charge >= 0.3 is 0 Å². The van der Waals surface area contributed by atoms with Crippen molar-refractivity contribution in [3.05, 3.63) is 119 Å². The first-order valence-corrected chi connectivity index (χ1v) is 18.3. The average molecular weight is 787 g/mol. The maximum atomic E-state index is 14.5. The maximum absolute atomic E-state index is 14.5. The van der Waals surface area contributed by atoms with E-state index in [0.29, 0.717) is 22.6 Å². The zero-order chi connectivity index (χ0) is 38.3. The number of phenolic OH excluding ortho intramolecular Hbond substituents is 1. The van der Waals surface area contributed by atoms with Gasteiger partial charge in [-0.15, -0.1) is 23.2 Å². The molecule has 274 valence electrons. The molecule has 0 unspecified atom stereocenters. The number of allylic oxidation sites excluding steroid dienone is 2. The Balaban J connectivity index is 1.15. The first-order chi connectivity index (χ1) is 25.7. The highest BCUT2D eigenvalue weighted by molar-refractivity contribution is 6.58. The van der Waals surface area contributed by atoms with Crippen LogP contribution in [0.3, 0.4) is 0 Å². The Bertz CT molecular complexity index is 2300. The molecule has 0 spiro atoms. The van der Waals surface area contributed by atoms with Gasteiger partial charge in [-0.25, -0.2) is 9.29 Å². The fourth-order valence-electron chi connectivity index (χ4n) is 8.36. The Hall–Kier alpha value is -5.10. The number of hydrogen-bond acceptors (Lipinski definition) is 8. The van der Waals surface area contributed by atoms with Gasteiger partial charge in [-0.3, -0.25) is 24.1 Å². The number of nitrogens with zero attached hydrogens (tertiary/aromatic N) is 5. The van der Waals surface area contributed by atoms with Crippen LogP contribution in [0.15, 0.2) is 113 Å². The van der Waals surface area contributed by atoms with Gasteiger partial charge in [-0.2, -0.15) is 10.2 Å². The van der Waals surface area contributed by atoms with E-state index in [2.05, 4.69) is 10.2 Å². The maximum Gasteiger partial charge on any atom is 0.258 e. The van der Waals surface area contributed by atoms with Gasteiger partial charge < -0.3 is 10.0 Å². The third kappa shape index (κ3) is 5.35. The van der Waals surface area contributed by atoms with E-state index in [9.17, 15) is 28.7 Å². The van der Waals surface area contributed by atoms with Gasteiger partial charge in [0.05, 0.1) is 34.6 Å². The van der Waals surface area contributed by atoms with Crippen molar-refractivity contribution >= 4 is 86.9 Å². The number of carbonyl (C=O) groups excluding carboxylic acids is 4. The van der Waals surface area contributed by atoms with Crippen LogP contribution in [-0.4, -0.2) is 52.6 Å². The van der Waals surface area contributed by atoms with Crippen LogP contribution in [0.2, 0.25) is 5.02 Å². The summed E-state index contributed by atoms with van der Waals surface area (Å²) in [7, 11) is 3.89. The highest BCUT2D eigenvalue weighted by atomic mass is 35.5. The molecule has 1 saturated carbocycles. The summed E-state index contributed by atoms with van der Waals surface area (Å²) < 4.78 is 13.9. The molecule has 10 nitrogen and oxygen atoms in total. The van der Waals surface area contributed by atoms with E-state index in [1.54, 1.807) is 30.3 Å². The van der Waals surface area contributed by atoms with E-state index in [0.717, 1.165) is 27.6 Å².